The average molecular weight is 639 g/mol. The molecule has 9 aromatic rings. The summed E-state index contributed by atoms with van der Waals surface area (Å²) in [4.78, 5) is 0. The molecule has 0 spiro atoms. The van der Waals surface area contributed by atoms with E-state index in [-0.39, 0.29) is 0 Å². The summed E-state index contributed by atoms with van der Waals surface area (Å²) in [7, 11) is 0. The highest BCUT2D eigenvalue weighted by molar-refractivity contribution is 6.12. The molecule has 0 N–H and O–H groups in total. The molecule has 2 aromatic heterocycles. The van der Waals surface area contributed by atoms with Crippen molar-refractivity contribution in [3.8, 4) is 33.6 Å². The van der Waals surface area contributed by atoms with E-state index in [1.54, 1.807) is 0 Å². The number of aromatic nitrogens is 2. The molecule has 2 nitrogen and oxygen atoms in total. The number of nitrogens with zero attached hydrogens (tertiary/aromatic N) is 2. The van der Waals surface area contributed by atoms with E-state index in [0.717, 1.165) is 12.8 Å². The van der Waals surface area contributed by atoms with Gasteiger partial charge in [0.1, 0.15) is 0 Å². The molecular formula is C48H34N2. The fraction of sp³-hybridized carbons (Fsp3) is 0.0417. The van der Waals surface area contributed by atoms with Gasteiger partial charge in [-0.25, -0.2) is 0 Å². The van der Waals surface area contributed by atoms with E-state index in [1.807, 2.05) is 0 Å². The molecule has 0 radical (unpaired) electrons. The minimum Gasteiger partial charge on any atom is -0.309 e. The van der Waals surface area contributed by atoms with Crippen LogP contribution in [0.5, 0.6) is 0 Å². The summed E-state index contributed by atoms with van der Waals surface area (Å²) in [5.74, 6) is 0. The van der Waals surface area contributed by atoms with Crippen LogP contribution < -0.4 is 0 Å². The molecule has 0 bridgehead atoms. The largest absolute Gasteiger partial charge is 0.309 e. The Morgan fingerprint density at radius 1 is 0.340 bits per heavy atom. The van der Waals surface area contributed by atoms with Crippen molar-refractivity contribution in [1.82, 2.24) is 9.13 Å². The second-order valence-corrected chi connectivity index (χ2v) is 13.3. The third-order valence-corrected chi connectivity index (χ3v) is 10.3. The Labute approximate surface area is 291 Å². The Kier molecular flexibility index (Phi) is 6.67. The fourth-order valence-corrected chi connectivity index (χ4v) is 7.97. The summed E-state index contributed by atoms with van der Waals surface area (Å²) < 4.78 is 4.83. The summed E-state index contributed by atoms with van der Waals surface area (Å²) in [6.07, 6.45) is 9.12. The van der Waals surface area contributed by atoms with Crippen LogP contribution in [0.2, 0.25) is 0 Å². The molecule has 0 amide bonds. The van der Waals surface area contributed by atoms with Crippen LogP contribution in [0.1, 0.15) is 18.4 Å². The smallest absolute Gasteiger partial charge is 0.0541 e. The van der Waals surface area contributed by atoms with Gasteiger partial charge in [0.25, 0.3) is 0 Å². The molecule has 0 saturated heterocycles. The van der Waals surface area contributed by atoms with Gasteiger partial charge in [-0.15, -0.1) is 0 Å². The zero-order valence-corrected chi connectivity index (χ0v) is 27.6. The lowest BCUT2D eigenvalue weighted by molar-refractivity contribution is 1.04. The summed E-state index contributed by atoms with van der Waals surface area (Å²) in [5, 5.41) is 5.05. The molecule has 0 unspecified atom stereocenters. The zero-order valence-electron chi connectivity index (χ0n) is 27.6. The number of hydrogen-bond acceptors (Lipinski definition) is 0. The van der Waals surface area contributed by atoms with Gasteiger partial charge in [-0.2, -0.15) is 0 Å². The molecule has 0 fully saturated rings. The molecule has 0 saturated carbocycles. The summed E-state index contributed by atoms with van der Waals surface area (Å²) in [5.41, 5.74) is 14.7. The lowest BCUT2D eigenvalue weighted by Gasteiger charge is -2.12. The maximum atomic E-state index is 2.42. The van der Waals surface area contributed by atoms with Crippen LogP contribution in [0.15, 0.2) is 182 Å². The Bertz CT molecular complexity index is 2810. The average Bonchev–Trinajstić information content (AvgIpc) is 3.71. The van der Waals surface area contributed by atoms with E-state index >= 15 is 0 Å². The monoisotopic (exact) mass is 638 g/mol. The van der Waals surface area contributed by atoms with Gasteiger partial charge in [0, 0.05) is 32.9 Å². The third-order valence-electron chi connectivity index (χ3n) is 10.3. The van der Waals surface area contributed by atoms with Crippen LogP contribution in [0, 0.1) is 0 Å². The van der Waals surface area contributed by atoms with Gasteiger partial charge in [0.05, 0.1) is 22.1 Å². The molecule has 1 aliphatic rings. The number of fused-ring (bicyclic) bond motifs is 6. The molecule has 0 aliphatic heterocycles. The normalized spacial score (nSPS) is 13.1. The zero-order chi connectivity index (χ0) is 33.0. The van der Waals surface area contributed by atoms with Crippen molar-refractivity contribution in [1.29, 1.82) is 0 Å². The number of rotatable bonds is 5. The van der Waals surface area contributed by atoms with Crippen LogP contribution >= 0.6 is 0 Å². The van der Waals surface area contributed by atoms with Gasteiger partial charge in [0.2, 0.25) is 0 Å². The molecule has 0 atom stereocenters. The van der Waals surface area contributed by atoms with Crippen molar-refractivity contribution < 1.29 is 0 Å². The van der Waals surface area contributed by atoms with Crippen LogP contribution in [-0.4, -0.2) is 9.13 Å². The first-order valence-corrected chi connectivity index (χ1v) is 17.5. The Morgan fingerprint density at radius 2 is 0.840 bits per heavy atom. The van der Waals surface area contributed by atoms with E-state index in [0.29, 0.717) is 0 Å². The second kappa shape index (κ2) is 11.6. The van der Waals surface area contributed by atoms with E-state index in [9.17, 15) is 0 Å². The lowest BCUT2D eigenvalue weighted by atomic mass is 9.99. The molecule has 50 heavy (non-hydrogen) atoms. The van der Waals surface area contributed by atoms with Gasteiger partial charge in [-0.3, -0.25) is 0 Å². The van der Waals surface area contributed by atoms with Crippen molar-refractivity contribution in [2.24, 2.45) is 0 Å². The van der Waals surface area contributed by atoms with Crippen molar-refractivity contribution in [2.45, 2.75) is 12.8 Å². The number of benzene rings is 7. The predicted octanol–water partition coefficient (Wildman–Crippen LogP) is 12.9. The van der Waals surface area contributed by atoms with E-state index < -0.39 is 0 Å². The van der Waals surface area contributed by atoms with Gasteiger partial charge >= 0.3 is 0 Å². The summed E-state index contributed by atoms with van der Waals surface area (Å²) in [6, 6.07) is 60.0. The lowest BCUT2D eigenvalue weighted by Crippen LogP contribution is -1.95. The van der Waals surface area contributed by atoms with Gasteiger partial charge in [-0.05, 0) is 107 Å². The third kappa shape index (κ3) is 4.64. The van der Waals surface area contributed by atoms with Crippen LogP contribution in [0.25, 0.3) is 82.8 Å². The maximum Gasteiger partial charge on any atom is 0.0541 e. The number of allylic oxidation sites excluding steroid dienone is 4. The molecule has 10 rings (SSSR count). The standard InChI is InChI=1S/C48H34N2/c1-3-13-33(14-4-1)35-17-11-19-39(29-35)49-45-23-9-7-21-41(45)43-31-37(25-27-47(43)49)38-26-28-48-44(32-38)42-22-8-10-24-46(42)50(48)40-20-12-18-36(30-40)34-15-5-2-6-16-34/h1,3-5,7-32H,2,6H2. The second-order valence-electron chi connectivity index (χ2n) is 13.3. The van der Waals surface area contributed by atoms with Gasteiger partial charge in [-0.1, -0.05) is 121 Å². The molecule has 7 aromatic carbocycles. The Morgan fingerprint density at radius 3 is 1.44 bits per heavy atom. The molecule has 2 heterocycles. The van der Waals surface area contributed by atoms with Crippen molar-refractivity contribution in [3.63, 3.8) is 0 Å². The molecule has 2 heteroatoms. The van der Waals surface area contributed by atoms with E-state index in [4.69, 9.17) is 0 Å². The summed E-state index contributed by atoms with van der Waals surface area (Å²) in [6.45, 7) is 0. The Hall–Kier alpha value is -6.38. The highest BCUT2D eigenvalue weighted by Crippen LogP contribution is 2.39. The minimum absolute atomic E-state index is 1.10. The van der Waals surface area contributed by atoms with Crippen molar-refractivity contribution in [2.75, 3.05) is 0 Å². The van der Waals surface area contributed by atoms with Gasteiger partial charge in [0.15, 0.2) is 0 Å². The first kappa shape index (κ1) is 28.6. The van der Waals surface area contributed by atoms with Gasteiger partial charge < -0.3 is 9.13 Å². The highest BCUT2D eigenvalue weighted by atomic mass is 15.0. The minimum atomic E-state index is 1.10. The number of para-hydroxylation sites is 2. The first-order valence-electron chi connectivity index (χ1n) is 17.5. The van der Waals surface area contributed by atoms with Crippen LogP contribution in [-0.2, 0) is 0 Å². The van der Waals surface area contributed by atoms with Crippen LogP contribution in [0.4, 0.5) is 0 Å². The van der Waals surface area contributed by atoms with Crippen LogP contribution in [0.3, 0.4) is 0 Å². The predicted molar refractivity (Wildman–Crippen MR) is 212 cm³/mol. The van der Waals surface area contributed by atoms with Crippen molar-refractivity contribution in [3.05, 3.63) is 188 Å². The topological polar surface area (TPSA) is 9.86 Å². The maximum absolute atomic E-state index is 2.42. The Balaban J connectivity index is 1.12. The molecular weight excluding hydrogens is 605 g/mol. The number of hydrogen-bond donors (Lipinski definition) is 0. The van der Waals surface area contributed by atoms with E-state index in [2.05, 4.69) is 191 Å². The fourth-order valence-electron chi connectivity index (χ4n) is 7.97. The SMILES string of the molecule is C1=CC(c2cccc(-n3c4ccccc4c4cc(-c5ccc6c(c5)c5ccccc5n6-c5cccc(-c6ccccc6)c5)ccc43)c2)=CCC1. The van der Waals surface area contributed by atoms with Crippen molar-refractivity contribution >= 4 is 49.2 Å². The molecule has 1 aliphatic carbocycles. The quantitative estimate of drug-likeness (QED) is 0.178. The first-order chi connectivity index (χ1) is 24.8. The molecule has 236 valence electrons. The van der Waals surface area contributed by atoms with E-state index in [1.165, 1.54) is 88.4 Å². The highest BCUT2D eigenvalue weighted by Gasteiger charge is 2.17. The summed E-state index contributed by atoms with van der Waals surface area (Å²) >= 11 is 0.